The molecule has 2 rings (SSSR count). The van der Waals surface area contributed by atoms with Crippen LogP contribution in [0.5, 0.6) is 0 Å². The molecule has 1 aromatic carbocycles. The largest absolute Gasteiger partial charge is 0.387 e. The van der Waals surface area contributed by atoms with E-state index >= 15 is 0 Å². The molecule has 1 N–H and O–H groups in total. The third-order valence-corrected chi connectivity index (χ3v) is 2.89. The van der Waals surface area contributed by atoms with Crippen LogP contribution in [0.2, 0.25) is 0 Å². The number of alkyl halides is 2. The van der Waals surface area contributed by atoms with Crippen LogP contribution in [0.1, 0.15) is 12.0 Å². The molecule has 0 unspecified atom stereocenters. The Kier molecular flexibility index (Phi) is 3.21. The fourth-order valence-corrected chi connectivity index (χ4v) is 1.98. The molecular weight excluding hydrogens is 212 g/mol. The van der Waals surface area contributed by atoms with Crippen LogP contribution in [0.25, 0.3) is 0 Å². The summed E-state index contributed by atoms with van der Waals surface area (Å²) in [5.41, 5.74) is 1.02. The molecule has 1 saturated heterocycles. The number of benzene rings is 1. The van der Waals surface area contributed by atoms with Gasteiger partial charge >= 0.3 is 0 Å². The van der Waals surface area contributed by atoms with Crippen molar-refractivity contribution in [2.45, 2.75) is 25.0 Å². The number of aliphatic hydroxyl groups is 1. The molecule has 0 radical (unpaired) electrons. The molecule has 1 heterocycles. The Morgan fingerprint density at radius 1 is 1.31 bits per heavy atom. The first kappa shape index (κ1) is 11.5. The van der Waals surface area contributed by atoms with Gasteiger partial charge in [-0.1, -0.05) is 30.3 Å². The summed E-state index contributed by atoms with van der Waals surface area (Å²) in [6.07, 6.45) is -1.35. The molecule has 4 heteroatoms. The second-order valence-corrected chi connectivity index (χ2v) is 4.26. The van der Waals surface area contributed by atoms with Crippen LogP contribution in [0.15, 0.2) is 30.3 Å². The number of nitrogens with zero attached hydrogens (tertiary/aromatic N) is 1. The minimum Gasteiger partial charge on any atom is -0.387 e. The van der Waals surface area contributed by atoms with Crippen LogP contribution in [0, 0.1) is 0 Å². The Morgan fingerprint density at radius 3 is 2.62 bits per heavy atom. The standard InChI is InChI=1S/C12H15F2NO/c13-12(14)9-15(7-6-11(12)16)8-10-4-2-1-3-5-10/h1-5,11,16H,6-9H2/t11-/m1/s1. The van der Waals surface area contributed by atoms with Gasteiger partial charge in [-0.25, -0.2) is 8.78 Å². The summed E-state index contributed by atoms with van der Waals surface area (Å²) in [7, 11) is 0. The van der Waals surface area contributed by atoms with Gasteiger partial charge in [-0.05, 0) is 12.0 Å². The molecule has 1 aliphatic heterocycles. The van der Waals surface area contributed by atoms with Gasteiger partial charge in [0, 0.05) is 13.1 Å². The van der Waals surface area contributed by atoms with E-state index in [-0.39, 0.29) is 13.0 Å². The van der Waals surface area contributed by atoms with Crippen molar-refractivity contribution in [2.24, 2.45) is 0 Å². The number of aliphatic hydroxyl groups excluding tert-OH is 1. The van der Waals surface area contributed by atoms with Crippen LogP contribution in [0.4, 0.5) is 8.78 Å². The van der Waals surface area contributed by atoms with Gasteiger partial charge in [-0.3, -0.25) is 4.90 Å². The van der Waals surface area contributed by atoms with E-state index in [9.17, 15) is 8.78 Å². The van der Waals surface area contributed by atoms with Crippen molar-refractivity contribution in [1.29, 1.82) is 0 Å². The molecule has 0 aliphatic carbocycles. The average Bonchev–Trinajstić information content (AvgIpc) is 2.25. The predicted molar refractivity (Wildman–Crippen MR) is 57.3 cm³/mol. The van der Waals surface area contributed by atoms with Crippen LogP contribution < -0.4 is 0 Å². The smallest absolute Gasteiger partial charge is 0.285 e. The number of hydrogen-bond acceptors (Lipinski definition) is 2. The molecule has 0 saturated carbocycles. The maximum atomic E-state index is 13.3. The van der Waals surface area contributed by atoms with E-state index in [0.717, 1.165) is 5.56 Å². The van der Waals surface area contributed by atoms with Gasteiger partial charge < -0.3 is 5.11 Å². The molecule has 1 aromatic rings. The van der Waals surface area contributed by atoms with Crippen LogP contribution >= 0.6 is 0 Å². The monoisotopic (exact) mass is 227 g/mol. The summed E-state index contributed by atoms with van der Waals surface area (Å²) >= 11 is 0. The average molecular weight is 227 g/mol. The first-order valence-electron chi connectivity index (χ1n) is 5.40. The summed E-state index contributed by atoms with van der Waals surface area (Å²) in [5, 5.41) is 9.14. The van der Waals surface area contributed by atoms with Crippen LogP contribution in [-0.2, 0) is 6.54 Å². The highest BCUT2D eigenvalue weighted by molar-refractivity contribution is 5.14. The van der Waals surface area contributed by atoms with Crippen LogP contribution in [0.3, 0.4) is 0 Å². The normalized spacial score (nSPS) is 25.6. The van der Waals surface area contributed by atoms with Gasteiger partial charge in [-0.15, -0.1) is 0 Å². The summed E-state index contributed by atoms with van der Waals surface area (Å²) < 4.78 is 26.5. The Hall–Kier alpha value is -1.00. The van der Waals surface area contributed by atoms with Crippen LogP contribution in [-0.4, -0.2) is 35.1 Å². The third kappa shape index (κ3) is 2.57. The maximum absolute atomic E-state index is 13.3. The number of halogens is 2. The zero-order valence-corrected chi connectivity index (χ0v) is 8.94. The van der Waals surface area contributed by atoms with Crippen molar-refractivity contribution >= 4 is 0 Å². The van der Waals surface area contributed by atoms with E-state index in [4.69, 9.17) is 5.11 Å². The first-order chi connectivity index (χ1) is 7.58. The van der Waals surface area contributed by atoms with Gasteiger partial charge in [0.2, 0.25) is 0 Å². The molecule has 0 aromatic heterocycles. The number of rotatable bonds is 2. The van der Waals surface area contributed by atoms with Crippen molar-refractivity contribution in [3.8, 4) is 0 Å². The highest BCUT2D eigenvalue weighted by atomic mass is 19.3. The minimum absolute atomic E-state index is 0.139. The highest BCUT2D eigenvalue weighted by Crippen LogP contribution is 2.27. The summed E-state index contributed by atoms with van der Waals surface area (Å²) in [6.45, 7) is 0.678. The second-order valence-electron chi connectivity index (χ2n) is 4.26. The molecule has 16 heavy (non-hydrogen) atoms. The topological polar surface area (TPSA) is 23.5 Å². The summed E-state index contributed by atoms with van der Waals surface area (Å²) in [4.78, 5) is 1.68. The summed E-state index contributed by atoms with van der Waals surface area (Å²) in [6, 6.07) is 9.53. The Balaban J connectivity index is 1.97. The van der Waals surface area contributed by atoms with Crippen molar-refractivity contribution in [3.05, 3.63) is 35.9 Å². The molecule has 2 nitrogen and oxygen atoms in total. The molecule has 0 spiro atoms. The fourth-order valence-electron chi connectivity index (χ4n) is 1.98. The quantitative estimate of drug-likeness (QED) is 0.834. The summed E-state index contributed by atoms with van der Waals surface area (Å²) in [5.74, 6) is -2.98. The number of likely N-dealkylation sites (tertiary alicyclic amines) is 1. The predicted octanol–water partition coefficient (Wildman–Crippen LogP) is 1.89. The minimum atomic E-state index is -2.98. The zero-order valence-electron chi connectivity index (χ0n) is 8.94. The first-order valence-corrected chi connectivity index (χ1v) is 5.40. The van der Waals surface area contributed by atoms with E-state index in [1.54, 1.807) is 4.90 Å². The maximum Gasteiger partial charge on any atom is 0.285 e. The molecule has 1 aliphatic rings. The molecule has 1 atom stereocenters. The SMILES string of the molecule is O[C@@H]1CCN(Cc2ccccc2)CC1(F)F. The van der Waals surface area contributed by atoms with Crippen molar-refractivity contribution < 1.29 is 13.9 Å². The second kappa shape index (κ2) is 4.47. The fraction of sp³-hybridized carbons (Fsp3) is 0.500. The van der Waals surface area contributed by atoms with Crippen molar-refractivity contribution in [2.75, 3.05) is 13.1 Å². The van der Waals surface area contributed by atoms with E-state index in [0.29, 0.717) is 13.1 Å². The van der Waals surface area contributed by atoms with E-state index < -0.39 is 12.0 Å². The highest BCUT2D eigenvalue weighted by Gasteiger charge is 2.43. The van der Waals surface area contributed by atoms with Crippen molar-refractivity contribution in [3.63, 3.8) is 0 Å². The lowest BCUT2D eigenvalue weighted by atomic mass is 10.0. The molecule has 1 fully saturated rings. The lowest BCUT2D eigenvalue weighted by Gasteiger charge is -2.35. The van der Waals surface area contributed by atoms with Gasteiger partial charge in [0.05, 0.1) is 6.54 Å². The van der Waals surface area contributed by atoms with Crippen molar-refractivity contribution in [1.82, 2.24) is 4.90 Å². The third-order valence-electron chi connectivity index (χ3n) is 2.89. The van der Waals surface area contributed by atoms with Gasteiger partial charge in [0.15, 0.2) is 0 Å². The Morgan fingerprint density at radius 2 is 2.00 bits per heavy atom. The van der Waals surface area contributed by atoms with Gasteiger partial charge in [0.25, 0.3) is 5.92 Å². The number of piperidine rings is 1. The molecular formula is C12H15F2NO. The van der Waals surface area contributed by atoms with Gasteiger partial charge in [0.1, 0.15) is 6.10 Å². The van der Waals surface area contributed by atoms with E-state index in [2.05, 4.69) is 0 Å². The van der Waals surface area contributed by atoms with E-state index in [1.807, 2.05) is 30.3 Å². The molecule has 88 valence electrons. The number of hydrogen-bond donors (Lipinski definition) is 1. The van der Waals surface area contributed by atoms with E-state index in [1.165, 1.54) is 0 Å². The molecule has 0 bridgehead atoms. The molecule has 0 amide bonds. The lowest BCUT2D eigenvalue weighted by molar-refractivity contribution is -0.151. The Bertz CT molecular complexity index is 342. The Labute approximate surface area is 93.5 Å². The van der Waals surface area contributed by atoms with Gasteiger partial charge in [-0.2, -0.15) is 0 Å². The lowest BCUT2D eigenvalue weighted by Crippen LogP contribution is -2.51. The zero-order chi connectivity index (χ0) is 11.6.